The van der Waals surface area contributed by atoms with Crippen LogP contribution in [0.4, 0.5) is 0 Å². The first-order chi connectivity index (χ1) is 7.54. The van der Waals surface area contributed by atoms with E-state index in [0.29, 0.717) is 10.6 Å². The van der Waals surface area contributed by atoms with E-state index in [-0.39, 0.29) is 0 Å². The molecule has 0 fully saturated rings. The molecule has 0 heterocycles. The maximum Gasteiger partial charge on any atom is 0.175 e. The molecule has 0 saturated heterocycles. The van der Waals surface area contributed by atoms with Gasteiger partial charge in [-0.05, 0) is 24.3 Å². The van der Waals surface area contributed by atoms with Crippen molar-refractivity contribution >= 4 is 9.84 Å². The van der Waals surface area contributed by atoms with Gasteiger partial charge in [0.05, 0.1) is 12.0 Å². The van der Waals surface area contributed by atoms with Crippen molar-refractivity contribution in [2.75, 3.05) is 13.4 Å². The van der Waals surface area contributed by atoms with Gasteiger partial charge in [0.25, 0.3) is 0 Å². The summed E-state index contributed by atoms with van der Waals surface area (Å²) in [6.07, 6.45) is 1.18. The van der Waals surface area contributed by atoms with Gasteiger partial charge in [-0.3, -0.25) is 0 Å². The molecule has 0 saturated carbocycles. The molecule has 94 valence electrons. The van der Waals surface area contributed by atoms with Crippen LogP contribution in [0, 0.1) is 0 Å². The number of methoxy groups -OCH3 is 1. The maximum atomic E-state index is 11.0. The standard InChI is InChI=1S/C8H10O3S.2C2H6/c1-11-7-3-5-8(6-4-7)12(2,9)10;2*1-2/h3-6H,1-2H3;2*1-2H3. The highest BCUT2D eigenvalue weighted by Gasteiger charge is 2.05. The molecule has 0 aromatic heterocycles. The molecule has 16 heavy (non-hydrogen) atoms. The van der Waals surface area contributed by atoms with E-state index in [4.69, 9.17) is 4.74 Å². The Kier molecular flexibility index (Phi) is 10.0. The molecule has 0 N–H and O–H groups in total. The summed E-state index contributed by atoms with van der Waals surface area (Å²) in [5.74, 6) is 0.655. The number of hydrogen-bond donors (Lipinski definition) is 0. The van der Waals surface area contributed by atoms with Crippen molar-refractivity contribution in [1.29, 1.82) is 0 Å². The van der Waals surface area contributed by atoms with Gasteiger partial charge >= 0.3 is 0 Å². The third-order valence-corrected chi connectivity index (χ3v) is 2.62. The van der Waals surface area contributed by atoms with Crippen LogP contribution in [0.3, 0.4) is 0 Å². The molecule has 0 spiro atoms. The molecular weight excluding hydrogens is 224 g/mol. The Morgan fingerprint density at radius 1 is 0.938 bits per heavy atom. The number of ether oxygens (including phenoxy) is 1. The zero-order chi connectivity index (χ0) is 13.2. The van der Waals surface area contributed by atoms with Crippen LogP contribution in [-0.2, 0) is 9.84 Å². The minimum Gasteiger partial charge on any atom is -0.497 e. The fourth-order valence-electron chi connectivity index (χ4n) is 0.823. The summed E-state index contributed by atoms with van der Waals surface area (Å²) in [6, 6.07) is 6.29. The van der Waals surface area contributed by atoms with Crippen LogP contribution in [0.5, 0.6) is 5.75 Å². The van der Waals surface area contributed by atoms with E-state index in [9.17, 15) is 8.42 Å². The van der Waals surface area contributed by atoms with Gasteiger partial charge in [-0.1, -0.05) is 27.7 Å². The van der Waals surface area contributed by atoms with Crippen molar-refractivity contribution in [3.63, 3.8) is 0 Å². The lowest BCUT2D eigenvalue weighted by atomic mass is 10.3. The average Bonchev–Trinajstić information content (AvgIpc) is 2.33. The predicted molar refractivity (Wildman–Crippen MR) is 68.8 cm³/mol. The van der Waals surface area contributed by atoms with Gasteiger partial charge in [0.1, 0.15) is 5.75 Å². The summed E-state index contributed by atoms with van der Waals surface area (Å²) < 4.78 is 26.9. The second kappa shape index (κ2) is 9.21. The summed E-state index contributed by atoms with van der Waals surface area (Å²) in [5.41, 5.74) is 0. The largest absolute Gasteiger partial charge is 0.497 e. The SMILES string of the molecule is CC.CC.COc1ccc(S(C)(=O)=O)cc1. The summed E-state index contributed by atoms with van der Waals surface area (Å²) >= 11 is 0. The molecule has 0 bridgehead atoms. The molecule has 3 nitrogen and oxygen atoms in total. The van der Waals surface area contributed by atoms with Crippen molar-refractivity contribution in [1.82, 2.24) is 0 Å². The van der Waals surface area contributed by atoms with Crippen LogP contribution in [0.2, 0.25) is 0 Å². The van der Waals surface area contributed by atoms with E-state index in [2.05, 4.69) is 0 Å². The van der Waals surface area contributed by atoms with Gasteiger partial charge in [-0.2, -0.15) is 0 Å². The summed E-state index contributed by atoms with van der Waals surface area (Å²) in [7, 11) is -1.55. The smallest absolute Gasteiger partial charge is 0.175 e. The van der Waals surface area contributed by atoms with Gasteiger partial charge in [0.2, 0.25) is 0 Å². The Labute approximate surface area is 99.4 Å². The maximum absolute atomic E-state index is 11.0. The van der Waals surface area contributed by atoms with Gasteiger partial charge < -0.3 is 4.74 Å². The fraction of sp³-hybridized carbons (Fsp3) is 0.500. The molecule has 1 aromatic rings. The number of rotatable bonds is 2. The van der Waals surface area contributed by atoms with Crippen molar-refractivity contribution < 1.29 is 13.2 Å². The van der Waals surface area contributed by atoms with Crippen LogP contribution < -0.4 is 4.74 Å². The Hall–Kier alpha value is -1.03. The quantitative estimate of drug-likeness (QED) is 0.805. The first-order valence-corrected chi connectivity index (χ1v) is 7.27. The van der Waals surface area contributed by atoms with Gasteiger partial charge in [-0.25, -0.2) is 8.42 Å². The average molecular weight is 246 g/mol. The second-order valence-electron chi connectivity index (χ2n) is 2.45. The minimum atomic E-state index is -3.08. The molecule has 4 heteroatoms. The van der Waals surface area contributed by atoms with E-state index in [0.717, 1.165) is 0 Å². The van der Waals surface area contributed by atoms with Crippen LogP contribution in [0.25, 0.3) is 0 Å². The Morgan fingerprint density at radius 2 is 1.31 bits per heavy atom. The van der Waals surface area contributed by atoms with Gasteiger partial charge in [0, 0.05) is 6.26 Å². The lowest BCUT2D eigenvalue weighted by Crippen LogP contribution is -1.96. The Bertz CT molecular complexity index is 352. The molecule has 0 amide bonds. The van der Waals surface area contributed by atoms with E-state index < -0.39 is 9.84 Å². The monoisotopic (exact) mass is 246 g/mol. The lowest BCUT2D eigenvalue weighted by molar-refractivity contribution is 0.414. The highest BCUT2D eigenvalue weighted by Crippen LogP contribution is 2.14. The molecule has 0 aliphatic rings. The number of hydrogen-bond acceptors (Lipinski definition) is 3. The number of benzene rings is 1. The molecule has 0 atom stereocenters. The predicted octanol–water partition coefficient (Wildman–Crippen LogP) is 3.15. The lowest BCUT2D eigenvalue weighted by Gasteiger charge is -2.00. The summed E-state index contributed by atoms with van der Waals surface area (Å²) in [6.45, 7) is 8.00. The topological polar surface area (TPSA) is 43.4 Å². The minimum absolute atomic E-state index is 0.309. The molecular formula is C12H22O3S. The molecule has 0 unspecified atom stereocenters. The molecule has 0 radical (unpaired) electrons. The summed E-state index contributed by atoms with van der Waals surface area (Å²) in [4.78, 5) is 0.309. The van der Waals surface area contributed by atoms with E-state index in [1.165, 1.54) is 25.5 Å². The van der Waals surface area contributed by atoms with Crippen LogP contribution in [-0.4, -0.2) is 21.8 Å². The zero-order valence-corrected chi connectivity index (χ0v) is 11.8. The van der Waals surface area contributed by atoms with Crippen LogP contribution in [0.1, 0.15) is 27.7 Å². The molecule has 1 aromatic carbocycles. The summed E-state index contributed by atoms with van der Waals surface area (Å²) in [5, 5.41) is 0. The fourth-order valence-corrected chi connectivity index (χ4v) is 1.45. The van der Waals surface area contributed by atoms with E-state index in [1.54, 1.807) is 12.1 Å². The highest BCUT2D eigenvalue weighted by atomic mass is 32.2. The Morgan fingerprint density at radius 3 is 1.56 bits per heavy atom. The van der Waals surface area contributed by atoms with Gasteiger partial charge in [-0.15, -0.1) is 0 Å². The van der Waals surface area contributed by atoms with Crippen molar-refractivity contribution in [2.24, 2.45) is 0 Å². The highest BCUT2D eigenvalue weighted by molar-refractivity contribution is 7.90. The second-order valence-corrected chi connectivity index (χ2v) is 4.46. The van der Waals surface area contributed by atoms with Crippen molar-refractivity contribution in [3.8, 4) is 5.75 Å². The zero-order valence-electron chi connectivity index (χ0n) is 10.9. The van der Waals surface area contributed by atoms with Crippen molar-refractivity contribution in [2.45, 2.75) is 32.6 Å². The molecule has 0 aliphatic carbocycles. The van der Waals surface area contributed by atoms with Crippen molar-refractivity contribution in [3.05, 3.63) is 24.3 Å². The third-order valence-electron chi connectivity index (χ3n) is 1.49. The van der Waals surface area contributed by atoms with Crippen LogP contribution >= 0.6 is 0 Å². The molecule has 1 rings (SSSR count). The van der Waals surface area contributed by atoms with E-state index >= 15 is 0 Å². The normalized spacial score (nSPS) is 9.12. The Balaban J connectivity index is 0. The number of sulfone groups is 1. The van der Waals surface area contributed by atoms with Gasteiger partial charge in [0.15, 0.2) is 9.84 Å². The first-order valence-electron chi connectivity index (χ1n) is 5.38. The van der Waals surface area contributed by atoms with E-state index in [1.807, 2.05) is 27.7 Å². The molecule has 0 aliphatic heterocycles. The third kappa shape index (κ3) is 6.45. The van der Waals surface area contributed by atoms with Crippen LogP contribution in [0.15, 0.2) is 29.2 Å². The first kappa shape index (κ1) is 17.4.